The van der Waals surface area contributed by atoms with Gasteiger partial charge in [0, 0.05) is 19.1 Å². The monoisotopic (exact) mass is 226 g/mol. The van der Waals surface area contributed by atoms with Crippen LogP contribution in [0.25, 0.3) is 0 Å². The van der Waals surface area contributed by atoms with Gasteiger partial charge in [0.2, 0.25) is 0 Å². The minimum Gasteiger partial charge on any atom is -0.481 e. The maximum Gasteiger partial charge on any atom is 0.304 e. The number of rotatable bonds is 5. The summed E-state index contributed by atoms with van der Waals surface area (Å²) in [7, 11) is 0. The molecule has 0 aliphatic carbocycles. The molecule has 1 unspecified atom stereocenters. The van der Waals surface area contributed by atoms with E-state index in [0.29, 0.717) is 12.5 Å². The Morgan fingerprint density at radius 1 is 1.12 bits per heavy atom. The molecule has 4 nitrogen and oxygen atoms in total. The first-order valence-corrected chi connectivity index (χ1v) is 6.44. The molecule has 2 fully saturated rings. The summed E-state index contributed by atoms with van der Waals surface area (Å²) in [4.78, 5) is 15.6. The van der Waals surface area contributed by atoms with E-state index in [2.05, 4.69) is 9.80 Å². The van der Waals surface area contributed by atoms with E-state index in [9.17, 15) is 4.79 Å². The standard InChI is InChI=1S/C12H22N2O2/c15-12(16)10-11-4-3-7-14(11)9-8-13-5-1-2-6-13/h11H,1-10H2,(H,15,16). The van der Waals surface area contributed by atoms with Crippen LogP contribution in [-0.2, 0) is 4.79 Å². The average molecular weight is 226 g/mol. The highest BCUT2D eigenvalue weighted by atomic mass is 16.4. The molecule has 0 spiro atoms. The highest BCUT2D eigenvalue weighted by Gasteiger charge is 2.26. The van der Waals surface area contributed by atoms with Gasteiger partial charge in [-0.2, -0.15) is 0 Å². The van der Waals surface area contributed by atoms with Crippen LogP contribution >= 0.6 is 0 Å². The predicted octanol–water partition coefficient (Wildman–Crippen LogP) is 1.02. The Balaban J connectivity index is 1.72. The van der Waals surface area contributed by atoms with E-state index >= 15 is 0 Å². The van der Waals surface area contributed by atoms with Gasteiger partial charge >= 0.3 is 5.97 Å². The van der Waals surface area contributed by atoms with Gasteiger partial charge in [0.05, 0.1) is 6.42 Å². The van der Waals surface area contributed by atoms with Gasteiger partial charge < -0.3 is 10.0 Å². The van der Waals surface area contributed by atoms with Crippen molar-refractivity contribution in [2.24, 2.45) is 0 Å². The van der Waals surface area contributed by atoms with Gasteiger partial charge in [-0.15, -0.1) is 0 Å². The lowest BCUT2D eigenvalue weighted by atomic mass is 10.1. The molecule has 0 amide bonds. The normalized spacial score (nSPS) is 27.6. The van der Waals surface area contributed by atoms with E-state index in [1.807, 2.05) is 0 Å². The highest BCUT2D eigenvalue weighted by molar-refractivity contribution is 5.67. The van der Waals surface area contributed by atoms with Crippen LogP contribution in [0.1, 0.15) is 32.1 Å². The summed E-state index contributed by atoms with van der Waals surface area (Å²) in [5, 5.41) is 8.83. The summed E-state index contributed by atoms with van der Waals surface area (Å²) in [6.07, 6.45) is 5.21. The van der Waals surface area contributed by atoms with Crippen LogP contribution in [0.3, 0.4) is 0 Å². The second kappa shape index (κ2) is 5.64. The minimum atomic E-state index is -0.655. The predicted molar refractivity (Wildman–Crippen MR) is 62.5 cm³/mol. The summed E-state index contributed by atoms with van der Waals surface area (Å²) in [5.41, 5.74) is 0. The SMILES string of the molecule is O=C(O)CC1CCCN1CCN1CCCC1. The van der Waals surface area contributed by atoms with E-state index in [4.69, 9.17) is 5.11 Å². The number of hydrogen-bond donors (Lipinski definition) is 1. The number of carbonyl (C=O) groups is 1. The van der Waals surface area contributed by atoms with E-state index < -0.39 is 5.97 Å². The zero-order chi connectivity index (χ0) is 11.4. The fraction of sp³-hybridized carbons (Fsp3) is 0.917. The largest absolute Gasteiger partial charge is 0.481 e. The number of nitrogens with zero attached hydrogens (tertiary/aromatic N) is 2. The number of aliphatic carboxylic acids is 1. The van der Waals surface area contributed by atoms with Crippen molar-refractivity contribution < 1.29 is 9.90 Å². The number of carboxylic acid groups (broad SMARTS) is 1. The molecule has 2 heterocycles. The van der Waals surface area contributed by atoms with E-state index in [1.54, 1.807) is 0 Å². The molecule has 92 valence electrons. The van der Waals surface area contributed by atoms with Crippen LogP contribution in [0.4, 0.5) is 0 Å². The third kappa shape index (κ3) is 3.19. The zero-order valence-corrected chi connectivity index (χ0v) is 9.90. The van der Waals surface area contributed by atoms with Gasteiger partial charge in [-0.3, -0.25) is 9.69 Å². The molecule has 0 saturated carbocycles. The Bertz CT molecular complexity index is 239. The summed E-state index contributed by atoms with van der Waals surface area (Å²) < 4.78 is 0. The molecule has 2 saturated heterocycles. The Labute approximate surface area is 97.2 Å². The lowest BCUT2D eigenvalue weighted by molar-refractivity contribution is -0.138. The van der Waals surface area contributed by atoms with Crippen molar-refractivity contribution in [3.8, 4) is 0 Å². The van der Waals surface area contributed by atoms with Crippen LogP contribution in [0.2, 0.25) is 0 Å². The molecular weight excluding hydrogens is 204 g/mol. The lowest BCUT2D eigenvalue weighted by Gasteiger charge is -2.25. The smallest absolute Gasteiger partial charge is 0.304 e. The van der Waals surface area contributed by atoms with E-state index in [0.717, 1.165) is 32.5 Å². The second-order valence-electron chi connectivity index (χ2n) is 4.98. The molecule has 1 N–H and O–H groups in total. The lowest BCUT2D eigenvalue weighted by Crippen LogP contribution is -2.37. The zero-order valence-electron chi connectivity index (χ0n) is 9.90. The molecule has 0 bridgehead atoms. The van der Waals surface area contributed by atoms with Gasteiger partial charge in [-0.05, 0) is 45.3 Å². The average Bonchev–Trinajstić information content (AvgIpc) is 2.84. The van der Waals surface area contributed by atoms with Gasteiger partial charge in [-0.25, -0.2) is 0 Å². The molecular formula is C12H22N2O2. The molecule has 2 aliphatic rings. The topological polar surface area (TPSA) is 43.8 Å². The second-order valence-corrected chi connectivity index (χ2v) is 4.98. The van der Waals surface area contributed by atoms with E-state index in [-0.39, 0.29) is 0 Å². The molecule has 4 heteroatoms. The third-order valence-electron chi connectivity index (χ3n) is 3.81. The fourth-order valence-electron chi connectivity index (χ4n) is 2.90. The van der Waals surface area contributed by atoms with Gasteiger partial charge in [0.15, 0.2) is 0 Å². The molecule has 2 rings (SSSR count). The first-order chi connectivity index (χ1) is 7.75. The Morgan fingerprint density at radius 2 is 1.88 bits per heavy atom. The Morgan fingerprint density at radius 3 is 2.56 bits per heavy atom. The summed E-state index contributed by atoms with van der Waals surface area (Å²) in [5.74, 6) is -0.655. The van der Waals surface area contributed by atoms with Crippen molar-refractivity contribution in [3.05, 3.63) is 0 Å². The Kier molecular flexibility index (Phi) is 4.18. The van der Waals surface area contributed by atoms with Crippen molar-refractivity contribution in [3.63, 3.8) is 0 Å². The summed E-state index contributed by atoms with van der Waals surface area (Å²) >= 11 is 0. The molecule has 2 aliphatic heterocycles. The Hall–Kier alpha value is -0.610. The van der Waals surface area contributed by atoms with Gasteiger partial charge in [-0.1, -0.05) is 0 Å². The minimum absolute atomic E-state index is 0.292. The molecule has 0 aromatic rings. The summed E-state index contributed by atoms with van der Waals surface area (Å²) in [6.45, 7) is 5.73. The fourth-order valence-corrected chi connectivity index (χ4v) is 2.90. The van der Waals surface area contributed by atoms with Crippen molar-refractivity contribution in [1.29, 1.82) is 0 Å². The van der Waals surface area contributed by atoms with E-state index in [1.165, 1.54) is 25.9 Å². The van der Waals surface area contributed by atoms with Crippen molar-refractivity contribution in [1.82, 2.24) is 9.80 Å². The van der Waals surface area contributed by atoms with Crippen molar-refractivity contribution in [2.75, 3.05) is 32.7 Å². The number of carboxylic acids is 1. The van der Waals surface area contributed by atoms with Crippen LogP contribution in [0, 0.1) is 0 Å². The molecule has 0 aromatic heterocycles. The molecule has 1 atom stereocenters. The third-order valence-corrected chi connectivity index (χ3v) is 3.81. The van der Waals surface area contributed by atoms with Gasteiger partial charge in [0.25, 0.3) is 0 Å². The van der Waals surface area contributed by atoms with Gasteiger partial charge in [0.1, 0.15) is 0 Å². The number of likely N-dealkylation sites (tertiary alicyclic amines) is 2. The number of hydrogen-bond acceptors (Lipinski definition) is 3. The van der Waals surface area contributed by atoms with Crippen LogP contribution in [0.15, 0.2) is 0 Å². The van der Waals surface area contributed by atoms with Crippen molar-refractivity contribution >= 4 is 5.97 Å². The quantitative estimate of drug-likeness (QED) is 0.760. The molecule has 16 heavy (non-hydrogen) atoms. The maximum absolute atomic E-state index is 10.7. The van der Waals surface area contributed by atoms with Crippen LogP contribution in [-0.4, -0.2) is 59.6 Å². The summed E-state index contributed by atoms with van der Waals surface area (Å²) in [6, 6.07) is 0.292. The highest BCUT2D eigenvalue weighted by Crippen LogP contribution is 2.20. The first-order valence-electron chi connectivity index (χ1n) is 6.44. The van der Waals surface area contributed by atoms with Crippen molar-refractivity contribution in [2.45, 2.75) is 38.1 Å². The first kappa shape index (κ1) is 11.9. The van der Waals surface area contributed by atoms with Crippen LogP contribution < -0.4 is 0 Å². The maximum atomic E-state index is 10.7. The van der Waals surface area contributed by atoms with Crippen LogP contribution in [0.5, 0.6) is 0 Å². The molecule has 0 radical (unpaired) electrons. The molecule has 0 aromatic carbocycles.